The van der Waals surface area contributed by atoms with E-state index in [1.165, 1.54) is 18.2 Å². The Bertz CT molecular complexity index is 941. The standard InChI is InChI=1S/C23H31NO3S/c1-16(17-10-12-20(13-11-17)23(2,3)4)24-28(25,26)22-15-19-9-7-6-8-18(19)14-21(22)27-5/h10-16,24H,6-9H2,1-5H3/t16-/m1/s1. The number of hydrogen-bond donors (Lipinski definition) is 1. The molecule has 1 aliphatic carbocycles. The predicted molar refractivity (Wildman–Crippen MR) is 114 cm³/mol. The summed E-state index contributed by atoms with van der Waals surface area (Å²) >= 11 is 0. The zero-order chi connectivity index (χ0) is 20.5. The number of fused-ring (bicyclic) bond motifs is 1. The molecule has 0 spiro atoms. The molecule has 28 heavy (non-hydrogen) atoms. The summed E-state index contributed by atoms with van der Waals surface area (Å²) in [5, 5.41) is 0. The van der Waals surface area contributed by atoms with Crippen LogP contribution in [0.15, 0.2) is 41.3 Å². The number of nitrogens with one attached hydrogen (secondary N) is 1. The van der Waals surface area contributed by atoms with Crippen LogP contribution in [0.3, 0.4) is 0 Å². The molecule has 0 heterocycles. The van der Waals surface area contributed by atoms with Gasteiger partial charge < -0.3 is 4.74 Å². The summed E-state index contributed by atoms with van der Waals surface area (Å²) < 4.78 is 34.5. The summed E-state index contributed by atoms with van der Waals surface area (Å²) in [4.78, 5) is 0.230. The Morgan fingerprint density at radius 2 is 1.57 bits per heavy atom. The lowest BCUT2D eigenvalue weighted by Gasteiger charge is -2.22. The van der Waals surface area contributed by atoms with Gasteiger partial charge in [-0.3, -0.25) is 0 Å². The number of benzene rings is 2. The van der Waals surface area contributed by atoms with E-state index in [-0.39, 0.29) is 16.4 Å². The Kier molecular flexibility index (Phi) is 5.87. The summed E-state index contributed by atoms with van der Waals surface area (Å²) in [5.74, 6) is 0.420. The zero-order valence-electron chi connectivity index (χ0n) is 17.5. The smallest absolute Gasteiger partial charge is 0.244 e. The summed E-state index contributed by atoms with van der Waals surface area (Å²) in [6.07, 6.45) is 4.15. The van der Waals surface area contributed by atoms with Crippen LogP contribution in [-0.2, 0) is 28.3 Å². The molecule has 1 atom stereocenters. The van der Waals surface area contributed by atoms with Gasteiger partial charge in [0, 0.05) is 6.04 Å². The molecule has 0 fully saturated rings. The van der Waals surface area contributed by atoms with Gasteiger partial charge >= 0.3 is 0 Å². The molecule has 0 aliphatic heterocycles. The molecule has 4 nitrogen and oxygen atoms in total. The number of rotatable bonds is 5. The quantitative estimate of drug-likeness (QED) is 0.774. The highest BCUT2D eigenvalue weighted by Gasteiger charge is 2.25. The third-order valence-corrected chi connectivity index (χ3v) is 7.09. The van der Waals surface area contributed by atoms with Crippen molar-refractivity contribution in [3.8, 4) is 5.75 Å². The molecule has 0 aromatic heterocycles. The Hall–Kier alpha value is -1.85. The normalized spacial score (nSPS) is 15.8. The summed E-state index contributed by atoms with van der Waals surface area (Å²) in [6.45, 7) is 8.36. The van der Waals surface area contributed by atoms with Gasteiger partial charge in [0.2, 0.25) is 10.0 Å². The molecule has 0 saturated heterocycles. The van der Waals surface area contributed by atoms with E-state index in [2.05, 4.69) is 37.6 Å². The third kappa shape index (κ3) is 4.41. The second-order valence-electron chi connectivity index (χ2n) is 8.69. The molecule has 0 unspecified atom stereocenters. The van der Waals surface area contributed by atoms with Crippen molar-refractivity contribution in [3.63, 3.8) is 0 Å². The lowest BCUT2D eigenvalue weighted by atomic mass is 9.86. The number of methoxy groups -OCH3 is 1. The molecule has 5 heteroatoms. The van der Waals surface area contributed by atoms with Crippen LogP contribution in [-0.4, -0.2) is 15.5 Å². The first-order chi connectivity index (χ1) is 13.1. The largest absolute Gasteiger partial charge is 0.495 e. The van der Waals surface area contributed by atoms with Gasteiger partial charge in [0.15, 0.2) is 0 Å². The average molecular weight is 402 g/mol. The van der Waals surface area contributed by atoms with Crippen LogP contribution in [0, 0.1) is 0 Å². The minimum atomic E-state index is -3.70. The van der Waals surface area contributed by atoms with E-state index in [0.29, 0.717) is 5.75 Å². The van der Waals surface area contributed by atoms with Gasteiger partial charge in [-0.05, 0) is 72.4 Å². The lowest BCUT2D eigenvalue weighted by molar-refractivity contribution is 0.400. The van der Waals surface area contributed by atoms with Gasteiger partial charge in [-0.1, -0.05) is 45.0 Å². The molecule has 1 N–H and O–H groups in total. The first-order valence-electron chi connectivity index (χ1n) is 9.94. The van der Waals surface area contributed by atoms with Crippen molar-refractivity contribution < 1.29 is 13.2 Å². The Labute approximate surface area is 169 Å². The third-order valence-electron chi connectivity index (χ3n) is 5.53. The van der Waals surface area contributed by atoms with E-state index in [1.54, 1.807) is 6.07 Å². The number of hydrogen-bond acceptors (Lipinski definition) is 3. The number of ether oxygens (including phenoxy) is 1. The minimum absolute atomic E-state index is 0.0672. The van der Waals surface area contributed by atoms with Crippen molar-refractivity contribution in [3.05, 3.63) is 58.7 Å². The summed E-state index contributed by atoms with van der Waals surface area (Å²) in [6, 6.07) is 11.5. The minimum Gasteiger partial charge on any atom is -0.495 e. The maximum Gasteiger partial charge on any atom is 0.244 e. The van der Waals surface area contributed by atoms with E-state index in [1.807, 2.05) is 25.1 Å². The highest BCUT2D eigenvalue weighted by atomic mass is 32.2. The van der Waals surface area contributed by atoms with Crippen LogP contribution < -0.4 is 9.46 Å². The first kappa shape index (κ1) is 20.9. The van der Waals surface area contributed by atoms with Crippen molar-refractivity contribution in [2.24, 2.45) is 0 Å². The summed E-state index contributed by atoms with van der Waals surface area (Å²) in [5.41, 5.74) is 4.55. The van der Waals surface area contributed by atoms with E-state index in [4.69, 9.17) is 4.74 Å². The Morgan fingerprint density at radius 1 is 1.00 bits per heavy atom. The molecule has 0 radical (unpaired) electrons. The molecule has 2 aromatic rings. The van der Waals surface area contributed by atoms with Crippen LogP contribution in [0.5, 0.6) is 5.75 Å². The van der Waals surface area contributed by atoms with Gasteiger partial charge in [0.1, 0.15) is 10.6 Å². The van der Waals surface area contributed by atoms with Crippen LogP contribution in [0.4, 0.5) is 0 Å². The first-order valence-corrected chi connectivity index (χ1v) is 11.4. The van der Waals surface area contributed by atoms with Crippen LogP contribution >= 0.6 is 0 Å². The monoisotopic (exact) mass is 401 g/mol. The van der Waals surface area contributed by atoms with E-state index in [9.17, 15) is 8.42 Å². The molecule has 0 amide bonds. The van der Waals surface area contributed by atoms with Crippen molar-refractivity contribution in [1.82, 2.24) is 4.72 Å². The van der Waals surface area contributed by atoms with Gasteiger partial charge in [0.05, 0.1) is 7.11 Å². The second-order valence-corrected chi connectivity index (χ2v) is 10.4. The van der Waals surface area contributed by atoms with Crippen LogP contribution in [0.25, 0.3) is 0 Å². The molecule has 3 rings (SSSR count). The highest BCUT2D eigenvalue weighted by molar-refractivity contribution is 7.89. The molecule has 152 valence electrons. The molecule has 0 bridgehead atoms. The maximum atomic E-state index is 13.1. The topological polar surface area (TPSA) is 55.4 Å². The molecule has 2 aromatic carbocycles. The van der Waals surface area contributed by atoms with Crippen molar-refractivity contribution in [2.75, 3.05) is 7.11 Å². The predicted octanol–water partition coefficient (Wildman–Crippen LogP) is 4.91. The molecule has 0 saturated carbocycles. The number of aryl methyl sites for hydroxylation is 2. The van der Waals surface area contributed by atoms with Crippen molar-refractivity contribution >= 4 is 10.0 Å². The fourth-order valence-corrected chi connectivity index (χ4v) is 5.18. The Balaban J connectivity index is 1.87. The van der Waals surface area contributed by atoms with Gasteiger partial charge in [-0.15, -0.1) is 0 Å². The summed E-state index contributed by atoms with van der Waals surface area (Å²) in [7, 11) is -2.17. The second kappa shape index (κ2) is 7.88. The lowest BCUT2D eigenvalue weighted by Crippen LogP contribution is -2.27. The molecular weight excluding hydrogens is 370 g/mol. The fourth-order valence-electron chi connectivity index (χ4n) is 3.75. The van der Waals surface area contributed by atoms with Crippen LogP contribution in [0.1, 0.15) is 68.8 Å². The number of sulfonamides is 1. The highest BCUT2D eigenvalue weighted by Crippen LogP contribution is 2.33. The van der Waals surface area contributed by atoms with Crippen LogP contribution in [0.2, 0.25) is 0 Å². The van der Waals surface area contributed by atoms with Crippen molar-refractivity contribution in [2.45, 2.75) is 69.7 Å². The SMILES string of the molecule is COc1cc2c(cc1S(=O)(=O)N[C@H](C)c1ccc(C(C)(C)C)cc1)CCCC2. The van der Waals surface area contributed by atoms with E-state index < -0.39 is 10.0 Å². The van der Waals surface area contributed by atoms with Crippen molar-refractivity contribution in [1.29, 1.82) is 0 Å². The average Bonchev–Trinajstić information content (AvgIpc) is 2.66. The van der Waals surface area contributed by atoms with E-state index in [0.717, 1.165) is 36.8 Å². The Morgan fingerprint density at radius 3 is 2.11 bits per heavy atom. The van der Waals surface area contributed by atoms with Gasteiger partial charge in [0.25, 0.3) is 0 Å². The van der Waals surface area contributed by atoms with E-state index >= 15 is 0 Å². The molecule has 1 aliphatic rings. The maximum absolute atomic E-state index is 13.1. The molecular formula is C23H31NO3S. The fraction of sp³-hybridized carbons (Fsp3) is 0.478. The van der Waals surface area contributed by atoms with Gasteiger partial charge in [-0.25, -0.2) is 13.1 Å². The van der Waals surface area contributed by atoms with Gasteiger partial charge in [-0.2, -0.15) is 0 Å². The zero-order valence-corrected chi connectivity index (χ0v) is 18.3.